The summed E-state index contributed by atoms with van der Waals surface area (Å²) < 4.78 is 0. The maximum Gasteiger partial charge on any atom is 0.248 e. The lowest BCUT2D eigenvalue weighted by Gasteiger charge is -2.08. The van der Waals surface area contributed by atoms with Gasteiger partial charge in [0.2, 0.25) is 5.91 Å². The number of hydrogen-bond acceptors (Lipinski definition) is 3. The quantitative estimate of drug-likeness (QED) is 0.274. The van der Waals surface area contributed by atoms with Gasteiger partial charge in [-0.2, -0.15) is 0 Å². The van der Waals surface area contributed by atoms with Gasteiger partial charge in [0.25, 0.3) is 0 Å². The van der Waals surface area contributed by atoms with Crippen LogP contribution in [0.2, 0.25) is 0 Å². The number of unbranched alkanes of at least 4 members (excludes halogenated alkanes) is 1. The number of nitrogen functional groups attached to an aromatic ring is 1. The van der Waals surface area contributed by atoms with Crippen LogP contribution in [0.15, 0.2) is 41.9 Å². The van der Waals surface area contributed by atoms with Crippen LogP contribution in [0, 0.1) is 0 Å². The van der Waals surface area contributed by atoms with E-state index in [4.69, 9.17) is 5.73 Å². The average Bonchev–Trinajstić information content (AvgIpc) is 2.38. The van der Waals surface area contributed by atoms with Crippen LogP contribution >= 0.6 is 0 Å². The summed E-state index contributed by atoms with van der Waals surface area (Å²) in [7, 11) is 0. The fourth-order valence-electron chi connectivity index (χ4n) is 1.36. The first-order valence-corrected chi connectivity index (χ1v) is 6.01. The molecule has 0 bridgehead atoms. The van der Waals surface area contributed by atoms with E-state index in [1.807, 2.05) is 12.1 Å². The summed E-state index contributed by atoms with van der Waals surface area (Å²) in [6.45, 7) is 6.22. The minimum absolute atomic E-state index is 0.262. The first-order chi connectivity index (χ1) is 8.67. The zero-order chi connectivity index (χ0) is 13.4. The molecule has 0 saturated heterocycles. The Kier molecular flexibility index (Phi) is 5.64. The van der Waals surface area contributed by atoms with E-state index in [-0.39, 0.29) is 5.91 Å². The Hall–Kier alpha value is -2.10. The third-order valence-corrected chi connectivity index (χ3v) is 2.39. The van der Waals surface area contributed by atoms with E-state index in [0.29, 0.717) is 18.1 Å². The number of hydrogen-bond donors (Lipinski definition) is 2. The lowest BCUT2D eigenvalue weighted by molar-refractivity contribution is -0.115. The van der Waals surface area contributed by atoms with Crippen molar-refractivity contribution in [3.05, 3.63) is 42.5 Å². The first-order valence-electron chi connectivity index (χ1n) is 6.01. The highest BCUT2D eigenvalue weighted by Gasteiger charge is 2.05. The molecular weight excluding hydrogens is 226 g/mol. The fraction of sp³-hybridized carbons (Fsp3) is 0.286. The molecule has 96 valence electrons. The smallest absolute Gasteiger partial charge is 0.248 e. The second-order valence-corrected chi connectivity index (χ2v) is 3.90. The predicted octanol–water partition coefficient (Wildman–Crippen LogP) is 2.12. The molecule has 3 N–H and O–H groups in total. The molecule has 0 unspecified atom stereocenters. The second kappa shape index (κ2) is 7.27. The summed E-state index contributed by atoms with van der Waals surface area (Å²) in [4.78, 5) is 15.8. The normalized spacial score (nSPS) is 11.1. The molecule has 0 saturated carbocycles. The zero-order valence-electron chi connectivity index (χ0n) is 10.6. The number of carbonyl (C=O) groups is 1. The number of benzene rings is 1. The third kappa shape index (κ3) is 4.41. The van der Waals surface area contributed by atoms with Crippen LogP contribution < -0.4 is 11.1 Å². The summed E-state index contributed by atoms with van der Waals surface area (Å²) in [5.74, 6) is 0.301. The molecule has 0 fully saturated rings. The van der Waals surface area contributed by atoms with Crippen LogP contribution in [0.1, 0.15) is 25.3 Å². The molecule has 0 aliphatic heterocycles. The molecule has 0 spiro atoms. The van der Waals surface area contributed by atoms with Crippen molar-refractivity contribution in [3.63, 3.8) is 0 Å². The Morgan fingerprint density at radius 2 is 2.11 bits per heavy atom. The summed E-state index contributed by atoms with van der Waals surface area (Å²) in [6, 6.07) is 7.24. The highest BCUT2D eigenvalue weighted by Crippen LogP contribution is 2.06. The van der Waals surface area contributed by atoms with Crippen molar-refractivity contribution >= 4 is 17.4 Å². The van der Waals surface area contributed by atoms with Crippen molar-refractivity contribution in [2.45, 2.75) is 19.8 Å². The molecule has 1 aromatic carbocycles. The fourth-order valence-corrected chi connectivity index (χ4v) is 1.36. The van der Waals surface area contributed by atoms with Crippen molar-refractivity contribution in [1.82, 2.24) is 5.32 Å². The predicted molar refractivity (Wildman–Crippen MR) is 75.5 cm³/mol. The maximum absolute atomic E-state index is 11.4. The van der Waals surface area contributed by atoms with Gasteiger partial charge in [0, 0.05) is 17.8 Å². The van der Waals surface area contributed by atoms with Gasteiger partial charge in [-0.25, -0.2) is 0 Å². The van der Waals surface area contributed by atoms with Crippen molar-refractivity contribution in [2.75, 3.05) is 12.3 Å². The Morgan fingerprint density at radius 1 is 1.44 bits per heavy atom. The van der Waals surface area contributed by atoms with Crippen molar-refractivity contribution in [1.29, 1.82) is 0 Å². The molecule has 0 aliphatic carbocycles. The van der Waals surface area contributed by atoms with E-state index in [0.717, 1.165) is 18.4 Å². The number of nitrogens with two attached hydrogens (primary N) is 1. The minimum atomic E-state index is -0.262. The molecule has 0 heterocycles. The number of amidine groups is 1. The molecule has 0 atom stereocenters. The van der Waals surface area contributed by atoms with Crippen LogP contribution in [0.25, 0.3) is 0 Å². The highest BCUT2D eigenvalue weighted by molar-refractivity contribution is 6.10. The summed E-state index contributed by atoms with van der Waals surface area (Å²) in [6.07, 6.45) is 3.28. The Morgan fingerprint density at radius 3 is 2.67 bits per heavy atom. The van der Waals surface area contributed by atoms with Gasteiger partial charge < -0.3 is 11.1 Å². The SMILES string of the molecule is C=CC(=O)NC(=NCCCC)c1ccc(N)cc1. The van der Waals surface area contributed by atoms with E-state index in [1.165, 1.54) is 6.08 Å². The number of nitrogens with zero attached hydrogens (tertiary/aromatic N) is 1. The van der Waals surface area contributed by atoms with Crippen LogP contribution in [-0.4, -0.2) is 18.3 Å². The lowest BCUT2D eigenvalue weighted by Crippen LogP contribution is -2.30. The third-order valence-electron chi connectivity index (χ3n) is 2.39. The van der Waals surface area contributed by atoms with Gasteiger partial charge in [-0.15, -0.1) is 0 Å². The number of rotatable bonds is 5. The summed E-state index contributed by atoms with van der Waals surface area (Å²) in [5, 5.41) is 2.71. The van der Waals surface area contributed by atoms with Gasteiger partial charge in [-0.05, 0) is 36.8 Å². The first kappa shape index (κ1) is 14.0. The molecule has 0 aliphatic rings. The van der Waals surface area contributed by atoms with Crippen LogP contribution in [0.5, 0.6) is 0 Å². The highest BCUT2D eigenvalue weighted by atomic mass is 16.1. The van der Waals surface area contributed by atoms with Gasteiger partial charge in [0.15, 0.2) is 0 Å². The van der Waals surface area contributed by atoms with Crippen LogP contribution in [0.3, 0.4) is 0 Å². The maximum atomic E-state index is 11.4. The zero-order valence-corrected chi connectivity index (χ0v) is 10.6. The molecule has 1 amide bonds. The van der Waals surface area contributed by atoms with E-state index >= 15 is 0 Å². The van der Waals surface area contributed by atoms with Crippen LogP contribution in [0.4, 0.5) is 5.69 Å². The van der Waals surface area contributed by atoms with Gasteiger partial charge in [0.05, 0.1) is 0 Å². The van der Waals surface area contributed by atoms with Gasteiger partial charge in [0.1, 0.15) is 5.84 Å². The number of anilines is 1. The number of amides is 1. The largest absolute Gasteiger partial charge is 0.399 e. The molecule has 1 aromatic rings. The Bertz CT molecular complexity index is 435. The lowest BCUT2D eigenvalue weighted by atomic mass is 10.2. The Labute approximate surface area is 108 Å². The van der Waals surface area contributed by atoms with E-state index < -0.39 is 0 Å². The van der Waals surface area contributed by atoms with E-state index in [1.54, 1.807) is 12.1 Å². The number of aliphatic imine (C=N–C) groups is 1. The Balaban J connectivity index is 2.88. The van der Waals surface area contributed by atoms with E-state index in [2.05, 4.69) is 23.8 Å². The monoisotopic (exact) mass is 245 g/mol. The average molecular weight is 245 g/mol. The van der Waals surface area contributed by atoms with Crippen molar-refractivity contribution < 1.29 is 4.79 Å². The number of carbonyl (C=O) groups excluding carboxylic acids is 1. The molecular formula is C14H19N3O. The molecule has 1 rings (SSSR count). The van der Waals surface area contributed by atoms with Crippen molar-refractivity contribution in [2.24, 2.45) is 4.99 Å². The topological polar surface area (TPSA) is 67.5 Å². The molecule has 18 heavy (non-hydrogen) atoms. The molecule has 4 nitrogen and oxygen atoms in total. The van der Waals surface area contributed by atoms with Crippen molar-refractivity contribution in [3.8, 4) is 0 Å². The second-order valence-electron chi connectivity index (χ2n) is 3.90. The minimum Gasteiger partial charge on any atom is -0.399 e. The van der Waals surface area contributed by atoms with Crippen LogP contribution in [-0.2, 0) is 4.79 Å². The van der Waals surface area contributed by atoms with Gasteiger partial charge >= 0.3 is 0 Å². The number of nitrogens with one attached hydrogen (secondary N) is 1. The van der Waals surface area contributed by atoms with E-state index in [9.17, 15) is 4.79 Å². The van der Waals surface area contributed by atoms with Gasteiger partial charge in [-0.3, -0.25) is 9.79 Å². The summed E-state index contributed by atoms with van der Waals surface area (Å²) >= 11 is 0. The molecule has 0 aromatic heterocycles. The summed E-state index contributed by atoms with van der Waals surface area (Å²) in [5.41, 5.74) is 7.16. The molecule has 0 radical (unpaired) electrons. The standard InChI is InChI=1S/C14H19N3O/c1-3-5-10-16-14(17-13(18)4-2)11-6-8-12(15)9-7-11/h4,6-9H,2-3,5,10,15H2,1H3,(H,16,17,18). The molecule has 4 heteroatoms. The van der Waals surface area contributed by atoms with Gasteiger partial charge in [-0.1, -0.05) is 19.9 Å².